The van der Waals surface area contributed by atoms with E-state index in [1.807, 2.05) is 5.57 Å². The van der Waals surface area contributed by atoms with Crippen molar-refractivity contribution in [2.75, 3.05) is 0 Å². The molecule has 1 heteroatoms. The van der Waals surface area contributed by atoms with E-state index in [0.29, 0.717) is 5.92 Å². The lowest BCUT2D eigenvalue weighted by Gasteiger charge is -2.56. The maximum Gasteiger partial charge on any atom is 0.110 e. The summed E-state index contributed by atoms with van der Waals surface area (Å²) in [5.74, 6) is 7.19. The van der Waals surface area contributed by atoms with Crippen LogP contribution in [0.3, 0.4) is 0 Å². The van der Waals surface area contributed by atoms with Crippen LogP contribution in [0.2, 0.25) is 5.82 Å². The van der Waals surface area contributed by atoms with E-state index in [4.69, 9.17) is 0 Å². The molecule has 4 aliphatic rings. The smallest absolute Gasteiger partial charge is 0.103 e. The number of hydrogen-bond acceptors (Lipinski definition) is 0. The molecule has 0 amide bonds. The van der Waals surface area contributed by atoms with Crippen molar-refractivity contribution in [2.24, 2.45) is 47.3 Å². The number of rotatable bonds is 7. The van der Waals surface area contributed by atoms with E-state index in [1.54, 1.807) is 11.1 Å². The van der Waals surface area contributed by atoms with Crippen LogP contribution < -0.4 is 0 Å². The van der Waals surface area contributed by atoms with Gasteiger partial charge in [-0.25, -0.2) is 0 Å². The summed E-state index contributed by atoms with van der Waals surface area (Å²) in [7, 11) is 2.48. The van der Waals surface area contributed by atoms with Crippen molar-refractivity contribution in [1.29, 1.82) is 0 Å². The molecule has 0 heterocycles. The summed E-state index contributed by atoms with van der Waals surface area (Å²) in [5, 5.41) is 0. The molecule has 0 aliphatic heterocycles. The average molecular weight is 459 g/mol. The van der Waals surface area contributed by atoms with Gasteiger partial charge in [0.25, 0.3) is 0 Å². The summed E-state index contributed by atoms with van der Waals surface area (Å²) < 4.78 is 0. The Bertz CT molecular complexity index is 825. The fraction of sp³-hybridized carbons (Fsp3) is 0.697. The van der Waals surface area contributed by atoms with Crippen molar-refractivity contribution in [3.8, 4) is 0 Å². The second-order valence-electron chi connectivity index (χ2n) is 12.3. The standard InChI is InChI=1S/C33H51B/c1-6-13-24(7-2)25(8-3)20-23(5)32-27-14-9-11-16-29(27)33(30-17-12-10-15-28(30)32)26-19-18-22(4)31(34)21-26/h6,8-9,14,20-22,24,27-33H,1,7,10-13,15-19,34H2,2-5H3/b23-20+,25-8-/t22?,24?,27-,28+,29+,30?,31-,32?,33?/m1/s1. The Balaban J connectivity index is 1.71. The van der Waals surface area contributed by atoms with Crippen LogP contribution in [0.25, 0.3) is 0 Å². The first-order chi connectivity index (χ1) is 16.5. The minimum Gasteiger partial charge on any atom is -0.103 e. The molecule has 0 saturated heterocycles. The fourth-order valence-corrected chi connectivity index (χ4v) is 8.61. The van der Waals surface area contributed by atoms with Crippen LogP contribution in [0, 0.1) is 47.3 Å². The van der Waals surface area contributed by atoms with Crippen LogP contribution >= 0.6 is 0 Å². The Labute approximate surface area is 212 Å². The van der Waals surface area contributed by atoms with Crippen molar-refractivity contribution < 1.29 is 0 Å². The highest BCUT2D eigenvalue weighted by molar-refractivity contribution is 6.13. The van der Waals surface area contributed by atoms with Crippen LogP contribution in [0.1, 0.15) is 91.9 Å². The van der Waals surface area contributed by atoms with Gasteiger partial charge in [-0.2, -0.15) is 0 Å². The highest BCUT2D eigenvalue weighted by Crippen LogP contribution is 2.59. The maximum absolute atomic E-state index is 4.04. The molecule has 0 aromatic carbocycles. The minimum absolute atomic E-state index is 0.615. The molecule has 4 aliphatic carbocycles. The normalized spacial score (nSPS) is 39.6. The Morgan fingerprint density at radius 3 is 2.59 bits per heavy atom. The van der Waals surface area contributed by atoms with Crippen LogP contribution in [0.5, 0.6) is 0 Å². The molecular weight excluding hydrogens is 407 g/mol. The third-order valence-corrected chi connectivity index (χ3v) is 10.6. The van der Waals surface area contributed by atoms with Gasteiger partial charge in [0.1, 0.15) is 7.85 Å². The van der Waals surface area contributed by atoms with Gasteiger partial charge in [0.05, 0.1) is 0 Å². The van der Waals surface area contributed by atoms with Crippen LogP contribution in [-0.4, -0.2) is 7.85 Å². The molecule has 34 heavy (non-hydrogen) atoms. The Morgan fingerprint density at radius 1 is 1.15 bits per heavy atom. The Hall–Kier alpha value is -1.24. The van der Waals surface area contributed by atoms with Crippen molar-refractivity contribution in [2.45, 2.75) is 97.7 Å². The summed E-state index contributed by atoms with van der Waals surface area (Å²) in [5.41, 5.74) is 5.09. The largest absolute Gasteiger partial charge is 0.110 e. The molecule has 0 spiro atoms. The zero-order valence-corrected chi connectivity index (χ0v) is 22.9. The minimum atomic E-state index is 0.615. The molecule has 2 saturated carbocycles. The first-order valence-electron chi connectivity index (χ1n) is 14.8. The van der Waals surface area contributed by atoms with Crippen molar-refractivity contribution >= 4 is 7.85 Å². The second-order valence-corrected chi connectivity index (χ2v) is 12.3. The van der Waals surface area contributed by atoms with Crippen LogP contribution in [-0.2, 0) is 0 Å². The Kier molecular flexibility index (Phi) is 8.87. The van der Waals surface area contributed by atoms with Crippen LogP contribution in [0.4, 0.5) is 0 Å². The average Bonchev–Trinajstić information content (AvgIpc) is 2.86. The lowest BCUT2D eigenvalue weighted by molar-refractivity contribution is -0.00273. The van der Waals surface area contributed by atoms with Gasteiger partial charge in [0.15, 0.2) is 0 Å². The van der Waals surface area contributed by atoms with E-state index in [0.717, 1.165) is 53.7 Å². The molecule has 186 valence electrons. The van der Waals surface area contributed by atoms with E-state index in [1.165, 1.54) is 57.8 Å². The van der Waals surface area contributed by atoms with E-state index in [2.05, 4.69) is 78.6 Å². The zero-order chi connectivity index (χ0) is 24.2. The highest BCUT2D eigenvalue weighted by atomic mass is 14.6. The fourth-order valence-electron chi connectivity index (χ4n) is 8.61. The predicted octanol–water partition coefficient (Wildman–Crippen LogP) is 8.89. The van der Waals surface area contributed by atoms with Crippen molar-refractivity contribution in [3.05, 3.63) is 59.8 Å². The predicted molar refractivity (Wildman–Crippen MR) is 153 cm³/mol. The third-order valence-electron chi connectivity index (χ3n) is 10.6. The van der Waals surface area contributed by atoms with Crippen LogP contribution in [0.15, 0.2) is 59.8 Å². The van der Waals surface area contributed by atoms with Gasteiger partial charge in [0.2, 0.25) is 0 Å². The van der Waals surface area contributed by atoms with Gasteiger partial charge in [-0.1, -0.05) is 74.3 Å². The highest BCUT2D eigenvalue weighted by Gasteiger charge is 2.51. The first-order valence-corrected chi connectivity index (χ1v) is 14.8. The lowest BCUT2D eigenvalue weighted by atomic mass is 9.48. The van der Waals surface area contributed by atoms with E-state index < -0.39 is 0 Å². The Morgan fingerprint density at radius 2 is 1.91 bits per heavy atom. The quantitative estimate of drug-likeness (QED) is 0.203. The molecule has 0 aromatic heterocycles. The number of fused-ring (bicyclic) bond motifs is 2. The van der Waals surface area contributed by atoms with Gasteiger partial charge >= 0.3 is 0 Å². The molecule has 0 N–H and O–H groups in total. The first kappa shape index (κ1) is 25.8. The van der Waals surface area contributed by atoms with E-state index in [-0.39, 0.29) is 0 Å². The van der Waals surface area contributed by atoms with Gasteiger partial charge in [-0.3, -0.25) is 0 Å². The molecule has 0 nitrogen and oxygen atoms in total. The van der Waals surface area contributed by atoms with Gasteiger partial charge in [-0.15, -0.1) is 6.58 Å². The molecular formula is C33H51B. The van der Waals surface area contributed by atoms with Gasteiger partial charge in [0, 0.05) is 0 Å². The zero-order valence-electron chi connectivity index (χ0n) is 22.9. The van der Waals surface area contributed by atoms with Crippen molar-refractivity contribution in [3.63, 3.8) is 0 Å². The number of allylic oxidation sites excluding steroid dienone is 9. The second kappa shape index (κ2) is 11.7. The molecule has 2 fully saturated rings. The molecule has 9 atom stereocenters. The third kappa shape index (κ3) is 5.15. The maximum atomic E-state index is 4.04. The summed E-state index contributed by atoms with van der Waals surface area (Å²) in [4.78, 5) is 0. The lowest BCUT2D eigenvalue weighted by Crippen LogP contribution is -2.49. The SMILES string of the molecule is B[C@@H]1C=C(C2C3CCCC[C@@H]3C(/C(C)=C/C(=C/C)C(CC)CC=C)[C@@H]3C=CCC[C@H]23)CCC1C. The molecule has 0 bridgehead atoms. The summed E-state index contributed by atoms with van der Waals surface area (Å²) in [6.07, 6.45) is 28.7. The van der Waals surface area contributed by atoms with E-state index >= 15 is 0 Å². The molecule has 4 rings (SSSR count). The van der Waals surface area contributed by atoms with Crippen molar-refractivity contribution in [1.82, 2.24) is 0 Å². The molecule has 5 unspecified atom stereocenters. The van der Waals surface area contributed by atoms with E-state index in [9.17, 15) is 0 Å². The topological polar surface area (TPSA) is 0 Å². The summed E-state index contributed by atoms with van der Waals surface area (Å²) in [6.45, 7) is 13.6. The van der Waals surface area contributed by atoms with Gasteiger partial charge < -0.3 is 0 Å². The summed E-state index contributed by atoms with van der Waals surface area (Å²) >= 11 is 0. The summed E-state index contributed by atoms with van der Waals surface area (Å²) in [6, 6.07) is 0. The number of hydrogen-bond donors (Lipinski definition) is 0. The monoisotopic (exact) mass is 458 g/mol. The molecule has 0 radical (unpaired) electrons. The van der Waals surface area contributed by atoms with Gasteiger partial charge in [-0.05, 0) is 124 Å². The molecule has 0 aromatic rings.